The average molecular weight is 313 g/mol. The molecule has 0 spiro atoms. The molecule has 4 nitrogen and oxygen atoms in total. The van der Waals surface area contributed by atoms with Gasteiger partial charge in [0.1, 0.15) is 0 Å². The minimum Gasteiger partial charge on any atom is -0.383 e. The molecule has 0 fully saturated rings. The summed E-state index contributed by atoms with van der Waals surface area (Å²) in [6.45, 7) is 1.26. The molecule has 5 heteroatoms. The molecule has 0 unspecified atom stereocenters. The van der Waals surface area contributed by atoms with Crippen molar-refractivity contribution in [1.29, 1.82) is 0 Å². The van der Waals surface area contributed by atoms with E-state index in [-0.39, 0.29) is 0 Å². The van der Waals surface area contributed by atoms with Crippen molar-refractivity contribution in [3.63, 3.8) is 0 Å². The predicted molar refractivity (Wildman–Crippen MR) is 95.1 cm³/mol. The van der Waals surface area contributed by atoms with Gasteiger partial charge in [0.15, 0.2) is 5.11 Å². The van der Waals surface area contributed by atoms with Gasteiger partial charge < -0.3 is 10.1 Å². The zero-order valence-electron chi connectivity index (χ0n) is 12.5. The molecule has 0 saturated carbocycles. The van der Waals surface area contributed by atoms with Crippen LogP contribution in [0.1, 0.15) is 5.56 Å². The number of methoxy groups -OCH3 is 1. The maximum Gasteiger partial charge on any atom is 0.187 e. The van der Waals surface area contributed by atoms with Gasteiger partial charge in [-0.2, -0.15) is 5.10 Å². The second-order valence-electron chi connectivity index (χ2n) is 4.61. The average Bonchev–Trinajstić information content (AvgIpc) is 2.57. The van der Waals surface area contributed by atoms with Gasteiger partial charge in [0, 0.05) is 13.7 Å². The third-order valence-corrected chi connectivity index (χ3v) is 3.22. The lowest BCUT2D eigenvalue weighted by Gasteiger charge is -2.05. The summed E-state index contributed by atoms with van der Waals surface area (Å²) in [4.78, 5) is 0. The Hall–Kier alpha value is -2.24. The zero-order valence-corrected chi connectivity index (χ0v) is 13.3. The number of rotatable bonds is 6. The summed E-state index contributed by atoms with van der Waals surface area (Å²) >= 11 is 5.08. The molecule has 2 aromatic rings. The summed E-state index contributed by atoms with van der Waals surface area (Å²) in [7, 11) is 1.65. The number of thiocarbonyl (C=S) groups is 1. The molecule has 0 aromatic heterocycles. The lowest BCUT2D eigenvalue weighted by molar-refractivity contribution is 0.204. The lowest BCUT2D eigenvalue weighted by atomic mass is 10.0. The van der Waals surface area contributed by atoms with E-state index in [2.05, 4.69) is 40.1 Å². The predicted octanol–water partition coefficient (Wildman–Crippen LogP) is 2.80. The summed E-state index contributed by atoms with van der Waals surface area (Å²) in [5.74, 6) is 0. The lowest BCUT2D eigenvalue weighted by Crippen LogP contribution is -2.34. The highest BCUT2D eigenvalue weighted by molar-refractivity contribution is 7.80. The fourth-order valence-electron chi connectivity index (χ4n) is 1.86. The van der Waals surface area contributed by atoms with Gasteiger partial charge in [-0.05, 0) is 28.9 Å². The summed E-state index contributed by atoms with van der Waals surface area (Å²) < 4.78 is 4.93. The first-order valence-corrected chi connectivity index (χ1v) is 7.42. The Morgan fingerprint density at radius 3 is 2.45 bits per heavy atom. The number of benzene rings is 2. The molecule has 0 aliphatic carbocycles. The van der Waals surface area contributed by atoms with Crippen LogP contribution in [0.3, 0.4) is 0 Å². The number of hydrazone groups is 1. The fourth-order valence-corrected chi connectivity index (χ4v) is 2.02. The highest BCUT2D eigenvalue weighted by Crippen LogP contribution is 2.18. The number of nitrogens with one attached hydrogen (secondary N) is 2. The maximum absolute atomic E-state index is 5.08. The largest absolute Gasteiger partial charge is 0.383 e. The Morgan fingerprint density at radius 1 is 1.09 bits per heavy atom. The first-order chi connectivity index (χ1) is 10.8. The van der Waals surface area contributed by atoms with Crippen LogP contribution in [0.5, 0.6) is 0 Å². The van der Waals surface area contributed by atoms with Gasteiger partial charge in [-0.3, -0.25) is 5.43 Å². The van der Waals surface area contributed by atoms with Gasteiger partial charge >= 0.3 is 0 Å². The van der Waals surface area contributed by atoms with Crippen molar-refractivity contribution in [2.45, 2.75) is 0 Å². The van der Waals surface area contributed by atoms with Crippen LogP contribution in [0.2, 0.25) is 0 Å². The molecule has 0 bridgehead atoms. The smallest absolute Gasteiger partial charge is 0.187 e. The monoisotopic (exact) mass is 313 g/mol. The van der Waals surface area contributed by atoms with Gasteiger partial charge in [-0.1, -0.05) is 54.6 Å². The van der Waals surface area contributed by atoms with E-state index in [0.29, 0.717) is 18.3 Å². The van der Waals surface area contributed by atoms with Crippen molar-refractivity contribution in [2.75, 3.05) is 20.3 Å². The van der Waals surface area contributed by atoms with E-state index in [0.717, 1.165) is 5.56 Å². The molecule has 114 valence electrons. The van der Waals surface area contributed by atoms with Crippen LogP contribution < -0.4 is 10.7 Å². The molecule has 2 aromatic carbocycles. The quantitative estimate of drug-likeness (QED) is 0.373. The Balaban J connectivity index is 1.86. The minimum atomic E-state index is 0.481. The van der Waals surface area contributed by atoms with Crippen molar-refractivity contribution in [3.05, 3.63) is 60.2 Å². The first-order valence-electron chi connectivity index (χ1n) is 7.01. The van der Waals surface area contributed by atoms with Crippen molar-refractivity contribution in [1.82, 2.24) is 10.7 Å². The number of nitrogens with zero attached hydrogens (tertiary/aromatic N) is 1. The van der Waals surface area contributed by atoms with Crippen LogP contribution >= 0.6 is 12.2 Å². The standard InChI is InChI=1S/C17H19N3OS/c1-21-12-11-18-17(22)20-19-13-14-7-9-16(10-8-14)15-5-3-2-4-6-15/h2-10,13H,11-12H2,1H3,(H2,18,20,22)/b19-13-. The molecular formula is C17H19N3OS. The number of hydrogen-bond acceptors (Lipinski definition) is 3. The number of hydrogen-bond donors (Lipinski definition) is 2. The van der Waals surface area contributed by atoms with Gasteiger partial charge in [-0.15, -0.1) is 0 Å². The highest BCUT2D eigenvalue weighted by atomic mass is 32.1. The second kappa shape index (κ2) is 8.92. The maximum atomic E-state index is 5.08. The molecule has 22 heavy (non-hydrogen) atoms. The highest BCUT2D eigenvalue weighted by Gasteiger charge is 1.96. The third kappa shape index (κ3) is 5.27. The minimum absolute atomic E-state index is 0.481. The molecular weight excluding hydrogens is 294 g/mol. The molecule has 0 heterocycles. The SMILES string of the molecule is COCCNC(=S)N/N=C\c1ccc(-c2ccccc2)cc1. The van der Waals surface area contributed by atoms with Crippen LogP contribution in [-0.4, -0.2) is 31.6 Å². The van der Waals surface area contributed by atoms with E-state index in [9.17, 15) is 0 Å². The van der Waals surface area contributed by atoms with Crippen LogP contribution in [0.4, 0.5) is 0 Å². The topological polar surface area (TPSA) is 45.6 Å². The van der Waals surface area contributed by atoms with E-state index >= 15 is 0 Å². The van der Waals surface area contributed by atoms with Crippen LogP contribution in [0.15, 0.2) is 59.7 Å². The molecule has 0 radical (unpaired) electrons. The first kappa shape index (κ1) is 16.1. The Morgan fingerprint density at radius 2 is 1.77 bits per heavy atom. The molecule has 2 rings (SSSR count). The van der Waals surface area contributed by atoms with Crippen LogP contribution in [0.25, 0.3) is 11.1 Å². The molecule has 0 saturated heterocycles. The van der Waals surface area contributed by atoms with E-state index in [1.807, 2.05) is 30.3 Å². The van der Waals surface area contributed by atoms with E-state index < -0.39 is 0 Å². The van der Waals surface area contributed by atoms with Gasteiger partial charge in [0.2, 0.25) is 0 Å². The molecule has 2 N–H and O–H groups in total. The zero-order chi connectivity index (χ0) is 15.6. The number of ether oxygens (including phenoxy) is 1. The summed E-state index contributed by atoms with van der Waals surface area (Å²) in [6.07, 6.45) is 1.74. The molecule has 0 aliphatic rings. The molecule has 0 aliphatic heterocycles. The van der Waals surface area contributed by atoms with Crippen molar-refractivity contribution >= 4 is 23.5 Å². The van der Waals surface area contributed by atoms with Gasteiger partial charge in [-0.25, -0.2) is 0 Å². The summed E-state index contributed by atoms with van der Waals surface area (Å²) in [5, 5.41) is 7.57. The van der Waals surface area contributed by atoms with Crippen molar-refractivity contribution in [2.24, 2.45) is 5.10 Å². The van der Waals surface area contributed by atoms with E-state index in [4.69, 9.17) is 17.0 Å². The normalized spacial score (nSPS) is 10.6. The van der Waals surface area contributed by atoms with E-state index in [1.165, 1.54) is 11.1 Å². The van der Waals surface area contributed by atoms with Crippen molar-refractivity contribution in [3.8, 4) is 11.1 Å². The van der Waals surface area contributed by atoms with Gasteiger partial charge in [0.05, 0.1) is 12.8 Å². The Labute approximate surface area is 136 Å². The van der Waals surface area contributed by atoms with Gasteiger partial charge in [0.25, 0.3) is 0 Å². The Bertz CT molecular complexity index is 612. The summed E-state index contributed by atoms with van der Waals surface area (Å²) in [6, 6.07) is 18.5. The molecule has 0 atom stereocenters. The molecule has 0 amide bonds. The van der Waals surface area contributed by atoms with E-state index in [1.54, 1.807) is 13.3 Å². The van der Waals surface area contributed by atoms with Crippen molar-refractivity contribution < 1.29 is 4.74 Å². The van der Waals surface area contributed by atoms with Crippen LogP contribution in [-0.2, 0) is 4.74 Å². The Kier molecular flexibility index (Phi) is 6.54. The fraction of sp³-hybridized carbons (Fsp3) is 0.176. The summed E-state index contributed by atoms with van der Waals surface area (Å²) in [5.41, 5.74) is 6.16. The third-order valence-electron chi connectivity index (χ3n) is 2.99. The van der Waals surface area contributed by atoms with Crippen LogP contribution in [0, 0.1) is 0 Å². The second-order valence-corrected chi connectivity index (χ2v) is 5.01.